The van der Waals surface area contributed by atoms with Crippen molar-refractivity contribution in [3.8, 4) is 0 Å². The highest BCUT2D eigenvalue weighted by Crippen LogP contribution is 2.35. The van der Waals surface area contributed by atoms with Crippen LogP contribution in [0.4, 0.5) is 0 Å². The van der Waals surface area contributed by atoms with Gasteiger partial charge in [0.05, 0.1) is 0 Å². The summed E-state index contributed by atoms with van der Waals surface area (Å²) in [5.74, 6) is 2.91. The van der Waals surface area contributed by atoms with Crippen LogP contribution in [0.1, 0.15) is 54.4 Å². The van der Waals surface area contributed by atoms with Crippen molar-refractivity contribution in [3.63, 3.8) is 0 Å². The summed E-state index contributed by atoms with van der Waals surface area (Å²) in [7, 11) is 0. The van der Waals surface area contributed by atoms with Crippen LogP contribution in [0.5, 0.6) is 0 Å². The Morgan fingerprint density at radius 3 is 1.94 bits per heavy atom. The second-order valence-electron chi connectivity index (χ2n) is 6.49. The second kappa shape index (κ2) is 5.88. The molecule has 17 heavy (non-hydrogen) atoms. The molecule has 0 aromatic heterocycles. The molecule has 1 heterocycles. The third-order valence-corrected chi connectivity index (χ3v) is 4.32. The molecule has 0 saturated carbocycles. The molecule has 2 heteroatoms. The van der Waals surface area contributed by atoms with Crippen LogP contribution in [0.15, 0.2) is 0 Å². The van der Waals surface area contributed by atoms with E-state index in [0.29, 0.717) is 35.6 Å². The SMILES string of the molecule is CC(C)C1CCN(C(C)C)C(=O)CC1C(C)C. The second-order valence-corrected chi connectivity index (χ2v) is 6.49. The van der Waals surface area contributed by atoms with E-state index in [0.717, 1.165) is 13.0 Å². The van der Waals surface area contributed by atoms with Crippen LogP contribution in [0.3, 0.4) is 0 Å². The zero-order chi connectivity index (χ0) is 13.2. The van der Waals surface area contributed by atoms with E-state index in [2.05, 4.69) is 46.4 Å². The molecular formula is C15H29NO. The van der Waals surface area contributed by atoms with E-state index in [1.165, 1.54) is 6.42 Å². The minimum atomic E-state index is 0.348. The summed E-state index contributed by atoms with van der Waals surface area (Å²) in [6.07, 6.45) is 1.92. The van der Waals surface area contributed by atoms with Gasteiger partial charge in [-0.1, -0.05) is 27.7 Å². The molecule has 100 valence electrons. The number of nitrogens with zero attached hydrogens (tertiary/aromatic N) is 1. The Balaban J connectivity index is 2.86. The van der Waals surface area contributed by atoms with E-state index < -0.39 is 0 Å². The molecule has 0 aromatic rings. The average molecular weight is 239 g/mol. The number of rotatable bonds is 3. The van der Waals surface area contributed by atoms with Crippen molar-refractivity contribution < 1.29 is 4.79 Å². The highest BCUT2D eigenvalue weighted by Gasteiger charge is 2.34. The predicted octanol–water partition coefficient (Wildman–Crippen LogP) is 3.56. The quantitative estimate of drug-likeness (QED) is 0.737. The topological polar surface area (TPSA) is 20.3 Å². The number of likely N-dealkylation sites (tertiary alicyclic amines) is 1. The van der Waals surface area contributed by atoms with E-state index in [1.54, 1.807) is 0 Å². The minimum absolute atomic E-state index is 0.348. The summed E-state index contributed by atoms with van der Waals surface area (Å²) in [6, 6.07) is 0.348. The van der Waals surface area contributed by atoms with Crippen LogP contribution in [0.25, 0.3) is 0 Å². The zero-order valence-corrected chi connectivity index (χ0v) is 12.4. The Morgan fingerprint density at radius 1 is 1.00 bits per heavy atom. The maximum Gasteiger partial charge on any atom is 0.223 e. The molecule has 0 spiro atoms. The number of carbonyl (C=O) groups excluding carboxylic acids is 1. The predicted molar refractivity (Wildman–Crippen MR) is 72.7 cm³/mol. The Bertz CT molecular complexity index is 258. The van der Waals surface area contributed by atoms with Gasteiger partial charge < -0.3 is 4.90 Å². The molecule has 1 aliphatic heterocycles. The van der Waals surface area contributed by atoms with E-state index in [1.807, 2.05) is 0 Å². The van der Waals surface area contributed by atoms with E-state index in [9.17, 15) is 4.79 Å². The lowest BCUT2D eigenvalue weighted by Gasteiger charge is -2.30. The third kappa shape index (κ3) is 3.46. The van der Waals surface area contributed by atoms with E-state index in [4.69, 9.17) is 0 Å². The normalized spacial score (nSPS) is 27.1. The molecule has 0 aromatic carbocycles. The molecule has 2 atom stereocenters. The summed E-state index contributed by atoms with van der Waals surface area (Å²) in [5.41, 5.74) is 0. The van der Waals surface area contributed by atoms with Gasteiger partial charge >= 0.3 is 0 Å². The summed E-state index contributed by atoms with van der Waals surface area (Å²) >= 11 is 0. The molecule has 1 aliphatic rings. The molecule has 1 amide bonds. The van der Waals surface area contributed by atoms with Crippen molar-refractivity contribution in [2.45, 2.75) is 60.4 Å². The minimum Gasteiger partial charge on any atom is -0.340 e. The van der Waals surface area contributed by atoms with Crippen molar-refractivity contribution in [1.29, 1.82) is 0 Å². The summed E-state index contributed by atoms with van der Waals surface area (Å²) in [6.45, 7) is 14.3. The first-order valence-corrected chi connectivity index (χ1v) is 7.14. The van der Waals surface area contributed by atoms with Crippen LogP contribution >= 0.6 is 0 Å². The third-order valence-electron chi connectivity index (χ3n) is 4.32. The van der Waals surface area contributed by atoms with E-state index in [-0.39, 0.29) is 0 Å². The van der Waals surface area contributed by atoms with Crippen LogP contribution in [0, 0.1) is 23.7 Å². The standard InChI is InChI=1S/C15H29NO/c1-10(2)13-7-8-16(12(5)6)15(17)9-14(13)11(3)4/h10-14H,7-9H2,1-6H3. The number of hydrogen-bond acceptors (Lipinski definition) is 1. The fourth-order valence-electron chi connectivity index (χ4n) is 3.20. The highest BCUT2D eigenvalue weighted by molar-refractivity contribution is 5.77. The van der Waals surface area contributed by atoms with Gasteiger partial charge in [0, 0.05) is 19.0 Å². The van der Waals surface area contributed by atoms with Gasteiger partial charge in [0.2, 0.25) is 5.91 Å². The molecule has 0 aliphatic carbocycles. The molecule has 0 radical (unpaired) electrons. The zero-order valence-electron chi connectivity index (χ0n) is 12.4. The molecule has 1 saturated heterocycles. The van der Waals surface area contributed by atoms with Gasteiger partial charge in [-0.2, -0.15) is 0 Å². The smallest absolute Gasteiger partial charge is 0.223 e. The van der Waals surface area contributed by atoms with Crippen molar-refractivity contribution in [3.05, 3.63) is 0 Å². The maximum absolute atomic E-state index is 12.3. The lowest BCUT2D eigenvalue weighted by molar-refractivity contribution is -0.133. The van der Waals surface area contributed by atoms with Crippen LogP contribution in [0.2, 0.25) is 0 Å². The van der Waals surface area contributed by atoms with Gasteiger partial charge in [0.25, 0.3) is 0 Å². The van der Waals surface area contributed by atoms with E-state index >= 15 is 0 Å². The molecule has 0 N–H and O–H groups in total. The summed E-state index contributed by atoms with van der Waals surface area (Å²) < 4.78 is 0. The highest BCUT2D eigenvalue weighted by atomic mass is 16.2. The average Bonchev–Trinajstić information content (AvgIpc) is 2.36. The van der Waals surface area contributed by atoms with Gasteiger partial charge in [0.1, 0.15) is 0 Å². The fourth-order valence-corrected chi connectivity index (χ4v) is 3.20. The molecule has 2 nitrogen and oxygen atoms in total. The molecular weight excluding hydrogens is 210 g/mol. The Labute approximate surface area is 107 Å². The van der Waals surface area contributed by atoms with Crippen LogP contribution in [-0.4, -0.2) is 23.4 Å². The first-order valence-electron chi connectivity index (χ1n) is 7.14. The summed E-state index contributed by atoms with van der Waals surface area (Å²) in [5, 5.41) is 0. The van der Waals surface area contributed by atoms with Crippen LogP contribution in [-0.2, 0) is 4.79 Å². The van der Waals surface area contributed by atoms with Crippen molar-refractivity contribution in [1.82, 2.24) is 4.90 Å². The monoisotopic (exact) mass is 239 g/mol. The molecule has 1 rings (SSSR count). The van der Waals surface area contributed by atoms with Gasteiger partial charge in [-0.15, -0.1) is 0 Å². The van der Waals surface area contributed by atoms with Gasteiger partial charge in [-0.05, 0) is 43.9 Å². The van der Waals surface area contributed by atoms with Crippen molar-refractivity contribution in [2.24, 2.45) is 23.7 Å². The lowest BCUT2D eigenvalue weighted by atomic mass is 9.74. The van der Waals surface area contributed by atoms with Crippen molar-refractivity contribution >= 4 is 5.91 Å². The maximum atomic E-state index is 12.3. The number of amides is 1. The molecule has 1 fully saturated rings. The van der Waals surface area contributed by atoms with Crippen molar-refractivity contribution in [2.75, 3.05) is 6.54 Å². The first-order chi connectivity index (χ1) is 7.84. The largest absolute Gasteiger partial charge is 0.340 e. The number of carbonyl (C=O) groups is 1. The van der Waals surface area contributed by atoms with Gasteiger partial charge in [-0.3, -0.25) is 4.79 Å². The summed E-state index contributed by atoms with van der Waals surface area (Å²) in [4.78, 5) is 14.3. The Kier molecular flexibility index (Phi) is 5.03. The fraction of sp³-hybridized carbons (Fsp3) is 0.933. The Morgan fingerprint density at radius 2 is 1.53 bits per heavy atom. The molecule has 2 unspecified atom stereocenters. The Hall–Kier alpha value is -0.530. The van der Waals surface area contributed by atoms with Crippen LogP contribution < -0.4 is 0 Å². The van der Waals surface area contributed by atoms with Gasteiger partial charge in [0.15, 0.2) is 0 Å². The lowest BCUT2D eigenvalue weighted by Crippen LogP contribution is -2.36. The number of hydrogen-bond donors (Lipinski definition) is 0. The first kappa shape index (κ1) is 14.5. The van der Waals surface area contributed by atoms with Gasteiger partial charge in [-0.25, -0.2) is 0 Å². The molecule has 0 bridgehead atoms.